The smallest absolute Gasteiger partial charge is 0.0374 e. The molecule has 0 heterocycles. The SMILES string of the molecule is C[Si](C)(C)[Si-](CCCC[Si]([Si](C)(C)C)([Si](C)(C)C)[Si](C)(C)C)[Si](C)(C)C. The maximum atomic E-state index is 2.76. The molecule has 0 amide bonds. The maximum absolute atomic E-state index is 2.76. The molecule has 7 heteroatoms. The lowest BCUT2D eigenvalue weighted by Crippen LogP contribution is -2.82. The molecule has 0 aliphatic rings. The van der Waals surface area contributed by atoms with E-state index in [-0.39, 0.29) is 7.83 Å². The lowest BCUT2D eigenvalue weighted by molar-refractivity contribution is 0.871. The first-order valence-corrected chi connectivity index (χ1v) is 37.4. The average Bonchev–Trinajstić information content (AvgIpc) is 2.24. The third-order valence-electron chi connectivity index (χ3n) is 6.88. The van der Waals surface area contributed by atoms with E-state index in [1.165, 1.54) is 0 Å². The topological polar surface area (TPSA) is 0 Å². The molecule has 0 aliphatic carbocycles. The van der Waals surface area contributed by atoms with Crippen molar-refractivity contribution in [1.29, 1.82) is 0 Å². The van der Waals surface area contributed by atoms with E-state index in [1.54, 1.807) is 24.9 Å². The Morgan fingerprint density at radius 3 is 1.00 bits per heavy atom. The van der Waals surface area contributed by atoms with Crippen molar-refractivity contribution in [1.82, 2.24) is 0 Å². The molecule has 0 saturated heterocycles. The molecule has 158 valence electrons. The first kappa shape index (κ1) is 27.5. The van der Waals surface area contributed by atoms with Gasteiger partial charge in [-0.1, -0.05) is 117 Å². The van der Waals surface area contributed by atoms with Gasteiger partial charge in [0.2, 0.25) is 0 Å². The van der Waals surface area contributed by atoms with Crippen molar-refractivity contribution >= 4 is 52.4 Å². The Labute approximate surface area is 175 Å². The third kappa shape index (κ3) is 6.52. The number of unbranched alkanes of at least 4 members (excludes halogenated alkanes) is 1. The average molecular weight is 478 g/mol. The Kier molecular flexibility index (Phi) is 9.22. The lowest BCUT2D eigenvalue weighted by atomic mass is 10.4. The molecule has 0 saturated carbocycles. The Bertz CT molecular complexity index is 389. The van der Waals surface area contributed by atoms with E-state index in [2.05, 4.69) is 98.2 Å². The van der Waals surface area contributed by atoms with E-state index in [4.69, 9.17) is 0 Å². The predicted molar refractivity (Wildman–Crippen MR) is 147 cm³/mol. The minimum absolute atomic E-state index is 0.0710. The Hall–Kier alpha value is 1.52. The normalized spacial score (nSPS) is 15.7. The zero-order valence-electron chi connectivity index (χ0n) is 21.3. The second-order valence-electron chi connectivity index (χ2n) is 13.8. The van der Waals surface area contributed by atoms with Crippen molar-refractivity contribution in [2.45, 2.75) is 123 Å². The molecule has 0 nitrogen and oxygen atoms in total. The van der Waals surface area contributed by atoms with Crippen LogP contribution >= 0.6 is 0 Å². The molecule has 0 aliphatic heterocycles. The van der Waals surface area contributed by atoms with Gasteiger partial charge in [0.15, 0.2) is 0 Å². The summed E-state index contributed by atoms with van der Waals surface area (Å²) in [4.78, 5) is 0. The summed E-state index contributed by atoms with van der Waals surface area (Å²) in [6.07, 6.45) is 3.14. The van der Waals surface area contributed by atoms with Gasteiger partial charge >= 0.3 is 0 Å². The zero-order chi connectivity index (χ0) is 21.4. The second kappa shape index (κ2) is 8.71. The number of rotatable bonds is 10. The van der Waals surface area contributed by atoms with Gasteiger partial charge in [0.25, 0.3) is 0 Å². The van der Waals surface area contributed by atoms with E-state index in [1.807, 2.05) is 0 Å². The highest BCUT2D eigenvalue weighted by Gasteiger charge is 2.60. The first-order valence-electron chi connectivity index (χ1n) is 11.0. The van der Waals surface area contributed by atoms with Crippen molar-refractivity contribution in [2.24, 2.45) is 0 Å². The van der Waals surface area contributed by atoms with Crippen molar-refractivity contribution in [3.05, 3.63) is 0 Å². The van der Waals surface area contributed by atoms with Gasteiger partial charge in [0.1, 0.15) is 0 Å². The molecule has 0 fully saturated rings. The van der Waals surface area contributed by atoms with Crippen LogP contribution in [0.2, 0.25) is 110 Å². The van der Waals surface area contributed by atoms with Crippen LogP contribution in [0.4, 0.5) is 0 Å². The fourth-order valence-electron chi connectivity index (χ4n) is 7.07. The van der Waals surface area contributed by atoms with Gasteiger partial charge in [-0.2, -0.15) is 6.04 Å². The van der Waals surface area contributed by atoms with Crippen LogP contribution in [0.5, 0.6) is 0 Å². The van der Waals surface area contributed by atoms with Crippen molar-refractivity contribution < 1.29 is 0 Å². The largest absolute Gasteiger partial charge is 0.254 e. The zero-order valence-corrected chi connectivity index (χ0v) is 28.3. The number of hydrogen-bond donors (Lipinski definition) is 0. The first-order chi connectivity index (χ1) is 11.1. The van der Waals surface area contributed by atoms with Crippen LogP contribution in [0, 0.1) is 0 Å². The van der Waals surface area contributed by atoms with E-state index >= 15 is 0 Å². The van der Waals surface area contributed by atoms with Crippen LogP contribution in [0.3, 0.4) is 0 Å². The summed E-state index contributed by atoms with van der Waals surface area (Å²) < 4.78 is 0. The summed E-state index contributed by atoms with van der Waals surface area (Å²) in [7, 11) is -5.14. The summed E-state index contributed by atoms with van der Waals surface area (Å²) in [6, 6.07) is 3.34. The summed E-state index contributed by atoms with van der Waals surface area (Å²) in [6.45, 7) is 39.7. The molecule has 0 aromatic rings. The highest BCUT2D eigenvalue weighted by molar-refractivity contribution is 7.89. The van der Waals surface area contributed by atoms with Crippen molar-refractivity contribution in [3.8, 4) is 0 Å². The quantitative estimate of drug-likeness (QED) is 0.222. The Balaban J connectivity index is 5.45. The molecule has 0 rings (SSSR count). The van der Waals surface area contributed by atoms with Crippen molar-refractivity contribution in [2.75, 3.05) is 0 Å². The van der Waals surface area contributed by atoms with E-state index in [0.717, 1.165) is 0 Å². The maximum Gasteiger partial charge on any atom is 0.0374 e. The van der Waals surface area contributed by atoms with Gasteiger partial charge in [-0.05, 0) is 0 Å². The molecule has 0 bridgehead atoms. The van der Waals surface area contributed by atoms with Crippen LogP contribution in [0.25, 0.3) is 0 Å². The Morgan fingerprint density at radius 2 is 0.769 bits per heavy atom. The molecule has 0 spiro atoms. The van der Waals surface area contributed by atoms with E-state index in [0.29, 0.717) is 0 Å². The molecule has 0 atom stereocenters. The van der Waals surface area contributed by atoms with Gasteiger partial charge in [-0.3, -0.25) is 7.83 Å². The van der Waals surface area contributed by atoms with Gasteiger partial charge in [-0.25, -0.2) is 0 Å². The van der Waals surface area contributed by atoms with Crippen LogP contribution < -0.4 is 0 Å². The second-order valence-corrected chi connectivity index (χ2v) is 79.9. The van der Waals surface area contributed by atoms with Gasteiger partial charge in [0, 0.05) is 29.4 Å². The fraction of sp³-hybridized carbons (Fsp3) is 1.00. The predicted octanol–water partition coefficient (Wildman–Crippen LogP) is 7.79. The molecular weight excluding hydrogens is 425 g/mol. The molecule has 0 aromatic heterocycles. The highest BCUT2D eigenvalue weighted by Crippen LogP contribution is 2.41. The van der Waals surface area contributed by atoms with E-state index in [9.17, 15) is 0 Å². The van der Waals surface area contributed by atoms with E-state index < -0.39 is 44.6 Å². The van der Waals surface area contributed by atoms with Crippen LogP contribution in [-0.2, 0) is 0 Å². The summed E-state index contributed by atoms with van der Waals surface area (Å²) >= 11 is 0. The lowest BCUT2D eigenvalue weighted by Gasteiger charge is -2.58. The molecule has 0 radical (unpaired) electrons. The van der Waals surface area contributed by atoms with Crippen LogP contribution in [0.15, 0.2) is 0 Å². The molecule has 0 unspecified atom stereocenters. The highest BCUT2D eigenvalue weighted by atomic mass is 29.9. The summed E-state index contributed by atoms with van der Waals surface area (Å²) in [5.41, 5.74) is 0. The summed E-state index contributed by atoms with van der Waals surface area (Å²) in [5.74, 6) is 0. The standard InChI is InChI=1S/C19H53Si7/c1-21(2,3)20(22(4,5)6)18-16-17-19-26(23(7,8)9,24(10,11)12)25(13,14)15/h16-19H2,1-15H3/q-1. The monoisotopic (exact) mass is 477 g/mol. The number of hydrogen-bond acceptors (Lipinski definition) is 0. The minimum Gasteiger partial charge on any atom is -0.254 e. The van der Waals surface area contributed by atoms with Crippen LogP contribution in [0.1, 0.15) is 12.8 Å². The fourth-order valence-corrected chi connectivity index (χ4v) is 143. The van der Waals surface area contributed by atoms with Crippen molar-refractivity contribution in [3.63, 3.8) is 0 Å². The molecule has 26 heavy (non-hydrogen) atoms. The molecule has 0 aromatic carbocycles. The van der Waals surface area contributed by atoms with Gasteiger partial charge < -0.3 is 0 Å². The third-order valence-corrected chi connectivity index (χ3v) is 112. The Morgan fingerprint density at radius 1 is 0.462 bits per heavy atom. The van der Waals surface area contributed by atoms with Crippen LogP contribution in [-0.4, -0.2) is 52.4 Å². The minimum atomic E-state index is -1.11. The summed E-state index contributed by atoms with van der Waals surface area (Å²) in [5, 5.41) is 0. The molecule has 0 N–H and O–H groups in total. The van der Waals surface area contributed by atoms with Gasteiger partial charge in [0.05, 0.1) is 0 Å². The van der Waals surface area contributed by atoms with Gasteiger partial charge in [-0.15, -0.1) is 15.2 Å². The molecular formula is C19H53Si7-.